The van der Waals surface area contributed by atoms with Gasteiger partial charge in [0, 0.05) is 12.1 Å². The van der Waals surface area contributed by atoms with Gasteiger partial charge in [-0.3, -0.25) is 0 Å². The Kier molecular flexibility index (Phi) is 3.19. The number of rotatable bonds is 4. The van der Waals surface area contributed by atoms with Crippen molar-refractivity contribution in [3.63, 3.8) is 0 Å². The average Bonchev–Trinajstić information content (AvgIpc) is 3.04. The first kappa shape index (κ1) is 11.5. The second-order valence-electron chi connectivity index (χ2n) is 4.80. The van der Waals surface area contributed by atoms with Crippen LogP contribution in [0.5, 0.6) is 5.75 Å². The van der Waals surface area contributed by atoms with Gasteiger partial charge in [0.2, 0.25) is 5.89 Å². The van der Waals surface area contributed by atoms with Gasteiger partial charge in [-0.1, -0.05) is 12.8 Å². The summed E-state index contributed by atoms with van der Waals surface area (Å²) in [7, 11) is 1.65. The maximum absolute atomic E-state index is 5.72. The monoisotopic (exact) mass is 246 g/mol. The molecule has 4 nitrogen and oxygen atoms in total. The van der Waals surface area contributed by atoms with Gasteiger partial charge in [0.1, 0.15) is 11.3 Å². The first-order valence-electron chi connectivity index (χ1n) is 6.52. The Bertz CT molecular complexity index is 530. The summed E-state index contributed by atoms with van der Waals surface area (Å²) in [5.41, 5.74) is 1.68. The minimum atomic E-state index is 0.634. The maximum atomic E-state index is 5.72. The third kappa shape index (κ3) is 2.34. The fourth-order valence-corrected chi connectivity index (χ4v) is 2.52. The van der Waals surface area contributed by atoms with Crippen LogP contribution < -0.4 is 10.1 Å². The molecule has 1 heterocycles. The van der Waals surface area contributed by atoms with E-state index in [0.717, 1.165) is 22.7 Å². The Morgan fingerprint density at radius 3 is 3.00 bits per heavy atom. The van der Waals surface area contributed by atoms with E-state index in [9.17, 15) is 0 Å². The first-order valence-corrected chi connectivity index (χ1v) is 6.52. The van der Waals surface area contributed by atoms with E-state index in [-0.39, 0.29) is 0 Å². The Hall–Kier alpha value is -1.55. The van der Waals surface area contributed by atoms with E-state index in [1.165, 1.54) is 25.7 Å². The molecule has 1 aromatic heterocycles. The molecule has 4 heteroatoms. The fraction of sp³-hybridized carbons (Fsp3) is 0.500. The summed E-state index contributed by atoms with van der Waals surface area (Å²) in [6.45, 7) is 0.710. The van der Waals surface area contributed by atoms with E-state index in [1.54, 1.807) is 7.11 Å². The van der Waals surface area contributed by atoms with Crippen LogP contribution in [0.2, 0.25) is 0 Å². The lowest BCUT2D eigenvalue weighted by Gasteiger charge is -2.08. The van der Waals surface area contributed by atoms with Gasteiger partial charge in [0.15, 0.2) is 5.58 Å². The van der Waals surface area contributed by atoms with Crippen molar-refractivity contribution in [3.8, 4) is 5.75 Å². The molecule has 96 valence electrons. The molecule has 3 rings (SSSR count). The number of fused-ring (bicyclic) bond motifs is 1. The van der Waals surface area contributed by atoms with Gasteiger partial charge in [-0.15, -0.1) is 0 Å². The molecule has 0 atom stereocenters. The number of aromatic nitrogens is 1. The molecule has 0 bridgehead atoms. The average molecular weight is 246 g/mol. The molecular weight excluding hydrogens is 228 g/mol. The summed E-state index contributed by atoms with van der Waals surface area (Å²) in [6, 6.07) is 6.34. The number of hydrogen-bond acceptors (Lipinski definition) is 4. The predicted molar refractivity (Wildman–Crippen MR) is 69.7 cm³/mol. The van der Waals surface area contributed by atoms with Crippen molar-refractivity contribution in [3.05, 3.63) is 24.1 Å². The van der Waals surface area contributed by atoms with E-state index in [0.29, 0.717) is 12.6 Å². The molecule has 0 saturated heterocycles. The topological polar surface area (TPSA) is 47.3 Å². The third-order valence-electron chi connectivity index (χ3n) is 3.54. The Labute approximate surface area is 106 Å². The van der Waals surface area contributed by atoms with Gasteiger partial charge in [0.25, 0.3) is 0 Å². The molecule has 1 saturated carbocycles. The number of nitrogens with zero attached hydrogens (tertiary/aromatic N) is 1. The van der Waals surface area contributed by atoms with Gasteiger partial charge in [0.05, 0.1) is 13.7 Å². The van der Waals surface area contributed by atoms with Crippen LogP contribution in [0.15, 0.2) is 22.6 Å². The standard InChI is InChI=1S/C14H18N2O2/c1-17-11-6-7-12-13(8-11)18-14(16-12)9-15-10-4-2-3-5-10/h6-8,10,15H,2-5,9H2,1H3. The summed E-state index contributed by atoms with van der Waals surface area (Å²) in [4.78, 5) is 4.46. The van der Waals surface area contributed by atoms with Gasteiger partial charge < -0.3 is 14.5 Å². The van der Waals surface area contributed by atoms with Crippen LogP contribution in [0.25, 0.3) is 11.1 Å². The SMILES string of the molecule is COc1ccc2nc(CNC3CCCC3)oc2c1. The third-order valence-corrected chi connectivity index (χ3v) is 3.54. The van der Waals surface area contributed by atoms with E-state index in [2.05, 4.69) is 10.3 Å². The van der Waals surface area contributed by atoms with Gasteiger partial charge >= 0.3 is 0 Å². The van der Waals surface area contributed by atoms with Crippen LogP contribution in [0.1, 0.15) is 31.6 Å². The molecule has 1 aliphatic rings. The molecule has 0 amide bonds. The molecule has 0 unspecified atom stereocenters. The molecule has 0 radical (unpaired) electrons. The van der Waals surface area contributed by atoms with Gasteiger partial charge in [-0.2, -0.15) is 0 Å². The van der Waals surface area contributed by atoms with Crippen molar-refractivity contribution in [2.24, 2.45) is 0 Å². The molecular formula is C14H18N2O2. The molecule has 1 aromatic carbocycles. The van der Waals surface area contributed by atoms with Gasteiger partial charge in [-0.05, 0) is 25.0 Å². The molecule has 0 spiro atoms. The Morgan fingerprint density at radius 2 is 2.22 bits per heavy atom. The molecule has 1 fully saturated rings. The van der Waals surface area contributed by atoms with E-state index in [4.69, 9.17) is 9.15 Å². The van der Waals surface area contributed by atoms with E-state index < -0.39 is 0 Å². The number of ether oxygens (including phenoxy) is 1. The summed E-state index contributed by atoms with van der Waals surface area (Å²) in [6.07, 6.45) is 5.22. The summed E-state index contributed by atoms with van der Waals surface area (Å²) >= 11 is 0. The minimum absolute atomic E-state index is 0.634. The van der Waals surface area contributed by atoms with E-state index >= 15 is 0 Å². The van der Waals surface area contributed by atoms with Crippen LogP contribution in [0.4, 0.5) is 0 Å². The zero-order chi connectivity index (χ0) is 12.4. The molecule has 1 aliphatic carbocycles. The normalized spacial score (nSPS) is 16.5. The molecule has 1 N–H and O–H groups in total. The largest absolute Gasteiger partial charge is 0.497 e. The summed E-state index contributed by atoms with van der Waals surface area (Å²) < 4.78 is 10.9. The Balaban J connectivity index is 1.72. The van der Waals surface area contributed by atoms with Crippen molar-refractivity contribution >= 4 is 11.1 Å². The van der Waals surface area contributed by atoms with Crippen LogP contribution in [0, 0.1) is 0 Å². The second kappa shape index (κ2) is 4.98. The second-order valence-corrected chi connectivity index (χ2v) is 4.80. The minimum Gasteiger partial charge on any atom is -0.497 e. The highest BCUT2D eigenvalue weighted by molar-refractivity contribution is 5.74. The van der Waals surface area contributed by atoms with Crippen molar-refractivity contribution in [1.29, 1.82) is 0 Å². The first-order chi connectivity index (χ1) is 8.85. The smallest absolute Gasteiger partial charge is 0.209 e. The fourth-order valence-electron chi connectivity index (χ4n) is 2.52. The quantitative estimate of drug-likeness (QED) is 0.901. The van der Waals surface area contributed by atoms with Crippen LogP contribution in [-0.2, 0) is 6.54 Å². The van der Waals surface area contributed by atoms with Crippen LogP contribution in [0.3, 0.4) is 0 Å². The van der Waals surface area contributed by atoms with E-state index in [1.807, 2.05) is 18.2 Å². The number of oxazole rings is 1. The predicted octanol–water partition coefficient (Wildman–Crippen LogP) is 2.87. The summed E-state index contributed by atoms with van der Waals surface area (Å²) in [5.74, 6) is 1.55. The van der Waals surface area contributed by atoms with Crippen LogP contribution in [-0.4, -0.2) is 18.1 Å². The van der Waals surface area contributed by atoms with Crippen LogP contribution >= 0.6 is 0 Å². The highest BCUT2D eigenvalue weighted by Crippen LogP contribution is 2.22. The van der Waals surface area contributed by atoms with Crippen molar-refractivity contribution in [1.82, 2.24) is 10.3 Å². The number of methoxy groups -OCH3 is 1. The Morgan fingerprint density at radius 1 is 1.39 bits per heavy atom. The molecule has 18 heavy (non-hydrogen) atoms. The lowest BCUT2D eigenvalue weighted by Crippen LogP contribution is -2.25. The maximum Gasteiger partial charge on any atom is 0.209 e. The zero-order valence-electron chi connectivity index (χ0n) is 10.6. The highest BCUT2D eigenvalue weighted by Gasteiger charge is 2.15. The highest BCUT2D eigenvalue weighted by atomic mass is 16.5. The lowest BCUT2D eigenvalue weighted by molar-refractivity contribution is 0.413. The lowest BCUT2D eigenvalue weighted by atomic mass is 10.2. The number of hydrogen-bond donors (Lipinski definition) is 1. The van der Waals surface area contributed by atoms with Crippen molar-refractivity contribution < 1.29 is 9.15 Å². The molecule has 2 aromatic rings. The zero-order valence-corrected chi connectivity index (χ0v) is 10.6. The molecule has 0 aliphatic heterocycles. The van der Waals surface area contributed by atoms with Crippen molar-refractivity contribution in [2.75, 3.05) is 7.11 Å². The van der Waals surface area contributed by atoms with Crippen molar-refractivity contribution in [2.45, 2.75) is 38.3 Å². The van der Waals surface area contributed by atoms with Gasteiger partial charge in [-0.25, -0.2) is 4.98 Å². The number of benzene rings is 1. The summed E-state index contributed by atoms with van der Waals surface area (Å²) in [5, 5.41) is 3.50. The number of nitrogens with one attached hydrogen (secondary N) is 1.